The van der Waals surface area contributed by atoms with Crippen LogP contribution in [0, 0.1) is 0 Å². The van der Waals surface area contributed by atoms with Crippen LogP contribution in [0.3, 0.4) is 0 Å². The van der Waals surface area contributed by atoms with Crippen molar-refractivity contribution in [2.75, 3.05) is 7.11 Å². The Morgan fingerprint density at radius 3 is 2.42 bits per heavy atom. The minimum Gasteiger partial charge on any atom is -0.381 e. The molecule has 0 heterocycles. The topological polar surface area (TPSA) is 43.4 Å². The van der Waals surface area contributed by atoms with Crippen LogP contribution in [0.25, 0.3) is 0 Å². The highest BCUT2D eigenvalue weighted by atomic mass is 16.5. The van der Waals surface area contributed by atoms with Gasteiger partial charge < -0.3 is 9.53 Å². The number of carbonyl (C=O) groups excluding carboxylic acids is 2. The largest absolute Gasteiger partial charge is 0.381 e. The van der Waals surface area contributed by atoms with Gasteiger partial charge in [0.15, 0.2) is 0 Å². The molecule has 0 N–H and O–H groups in total. The van der Waals surface area contributed by atoms with Crippen LogP contribution in [0.1, 0.15) is 38.2 Å². The van der Waals surface area contributed by atoms with Crippen molar-refractivity contribution in [3.05, 3.63) is 35.9 Å². The van der Waals surface area contributed by atoms with Crippen LogP contribution >= 0.6 is 0 Å². The molecule has 0 aliphatic heterocycles. The van der Waals surface area contributed by atoms with Crippen molar-refractivity contribution in [3.63, 3.8) is 0 Å². The molecule has 1 rings (SSSR count). The van der Waals surface area contributed by atoms with Gasteiger partial charge in [-0.15, -0.1) is 0 Å². The van der Waals surface area contributed by atoms with Crippen LogP contribution in [-0.2, 0) is 20.7 Å². The number of carbonyl (C=O) groups is 2. The molecular weight excluding hydrogens is 240 g/mol. The normalized spacial score (nSPS) is 12.1. The van der Waals surface area contributed by atoms with Gasteiger partial charge in [-0.1, -0.05) is 30.3 Å². The predicted molar refractivity (Wildman–Crippen MR) is 75.1 cm³/mol. The van der Waals surface area contributed by atoms with E-state index in [2.05, 4.69) is 12.1 Å². The highest BCUT2D eigenvalue weighted by Gasteiger charge is 2.13. The third kappa shape index (κ3) is 6.87. The molecule has 1 atom stereocenters. The summed E-state index contributed by atoms with van der Waals surface area (Å²) in [5.74, 6) is 0.168. The molecule has 3 heteroatoms. The first kappa shape index (κ1) is 15.6. The van der Waals surface area contributed by atoms with Gasteiger partial charge >= 0.3 is 0 Å². The lowest BCUT2D eigenvalue weighted by Crippen LogP contribution is -2.17. The second-order valence-corrected chi connectivity index (χ2v) is 4.83. The second kappa shape index (κ2) is 8.59. The lowest BCUT2D eigenvalue weighted by molar-refractivity contribution is -0.125. The smallest absolute Gasteiger partial charge is 0.135 e. The molecule has 3 nitrogen and oxygen atoms in total. The van der Waals surface area contributed by atoms with E-state index in [9.17, 15) is 9.59 Å². The second-order valence-electron chi connectivity index (χ2n) is 4.83. The van der Waals surface area contributed by atoms with Crippen molar-refractivity contribution in [1.82, 2.24) is 0 Å². The summed E-state index contributed by atoms with van der Waals surface area (Å²) in [7, 11) is 1.63. The molecule has 0 amide bonds. The monoisotopic (exact) mass is 262 g/mol. The molecule has 0 saturated heterocycles. The Kier molecular flexibility index (Phi) is 7.04. The molecule has 0 spiro atoms. The van der Waals surface area contributed by atoms with E-state index in [-0.39, 0.29) is 17.7 Å². The van der Waals surface area contributed by atoms with Gasteiger partial charge in [0.2, 0.25) is 0 Å². The molecule has 0 bridgehead atoms. The summed E-state index contributed by atoms with van der Waals surface area (Å²) in [6, 6.07) is 10.2. The number of ether oxygens (including phenoxy) is 1. The Bertz CT molecular complexity index is 398. The van der Waals surface area contributed by atoms with Crippen LogP contribution in [0.5, 0.6) is 0 Å². The van der Waals surface area contributed by atoms with E-state index in [1.165, 1.54) is 12.5 Å². The summed E-state index contributed by atoms with van der Waals surface area (Å²) in [6.45, 7) is 1.51. The minimum absolute atomic E-state index is 0.0559. The zero-order valence-corrected chi connectivity index (χ0v) is 11.7. The van der Waals surface area contributed by atoms with Crippen molar-refractivity contribution in [3.8, 4) is 0 Å². The zero-order chi connectivity index (χ0) is 14.1. The third-order valence-corrected chi connectivity index (χ3v) is 3.14. The number of methoxy groups -OCH3 is 1. The van der Waals surface area contributed by atoms with Gasteiger partial charge in [0.25, 0.3) is 0 Å². The molecule has 0 aliphatic rings. The molecule has 1 unspecified atom stereocenters. The van der Waals surface area contributed by atoms with Crippen LogP contribution < -0.4 is 0 Å². The van der Waals surface area contributed by atoms with Gasteiger partial charge in [0.1, 0.15) is 11.6 Å². The Labute approximate surface area is 115 Å². The van der Waals surface area contributed by atoms with E-state index in [1.807, 2.05) is 18.2 Å². The molecule has 0 aromatic heterocycles. The highest BCUT2D eigenvalue weighted by Crippen LogP contribution is 2.11. The summed E-state index contributed by atoms with van der Waals surface area (Å²) in [4.78, 5) is 22.5. The van der Waals surface area contributed by atoms with E-state index in [1.54, 1.807) is 7.11 Å². The maximum atomic E-state index is 11.7. The summed E-state index contributed by atoms with van der Waals surface area (Å²) >= 11 is 0. The molecule has 0 radical (unpaired) electrons. The van der Waals surface area contributed by atoms with Gasteiger partial charge in [-0.05, 0) is 25.3 Å². The lowest BCUT2D eigenvalue weighted by atomic mass is 10.0. The van der Waals surface area contributed by atoms with Crippen molar-refractivity contribution in [1.29, 1.82) is 0 Å². The fourth-order valence-electron chi connectivity index (χ4n) is 1.95. The van der Waals surface area contributed by atoms with Gasteiger partial charge in [-0.2, -0.15) is 0 Å². The SMILES string of the molecule is COC(CCc1ccccc1)CC(=O)CCC(C)=O. The molecule has 19 heavy (non-hydrogen) atoms. The van der Waals surface area contributed by atoms with E-state index < -0.39 is 0 Å². The standard InChI is InChI=1S/C16H22O3/c1-13(17)8-10-15(18)12-16(19-2)11-9-14-6-4-3-5-7-14/h3-7,16H,8-12H2,1-2H3. The number of aryl methyl sites for hydroxylation is 1. The van der Waals surface area contributed by atoms with E-state index in [0.717, 1.165) is 12.8 Å². The maximum Gasteiger partial charge on any atom is 0.135 e. The number of ketones is 2. The minimum atomic E-state index is -0.0559. The van der Waals surface area contributed by atoms with Crippen molar-refractivity contribution < 1.29 is 14.3 Å². The van der Waals surface area contributed by atoms with Crippen LogP contribution in [-0.4, -0.2) is 24.8 Å². The number of benzene rings is 1. The first-order valence-corrected chi connectivity index (χ1v) is 6.69. The quantitative estimate of drug-likeness (QED) is 0.687. The number of Topliss-reactive ketones (excluding diaryl/α,β-unsaturated/α-hetero) is 2. The Hall–Kier alpha value is -1.48. The lowest BCUT2D eigenvalue weighted by Gasteiger charge is -2.14. The van der Waals surface area contributed by atoms with Crippen LogP contribution in [0.15, 0.2) is 30.3 Å². The number of hydrogen-bond acceptors (Lipinski definition) is 3. The summed E-state index contributed by atoms with van der Waals surface area (Å²) in [6.07, 6.45) is 2.75. The van der Waals surface area contributed by atoms with Crippen molar-refractivity contribution in [2.24, 2.45) is 0 Å². The Morgan fingerprint density at radius 2 is 1.84 bits per heavy atom. The number of hydrogen-bond donors (Lipinski definition) is 0. The Morgan fingerprint density at radius 1 is 1.16 bits per heavy atom. The number of rotatable bonds is 9. The predicted octanol–water partition coefficient (Wildman–Crippen LogP) is 2.96. The van der Waals surface area contributed by atoms with Gasteiger partial charge in [0.05, 0.1) is 6.10 Å². The van der Waals surface area contributed by atoms with Crippen LogP contribution in [0.2, 0.25) is 0 Å². The van der Waals surface area contributed by atoms with Gasteiger partial charge in [0, 0.05) is 26.4 Å². The van der Waals surface area contributed by atoms with E-state index in [0.29, 0.717) is 19.3 Å². The fourth-order valence-corrected chi connectivity index (χ4v) is 1.95. The van der Waals surface area contributed by atoms with Gasteiger partial charge in [-0.25, -0.2) is 0 Å². The van der Waals surface area contributed by atoms with E-state index in [4.69, 9.17) is 4.74 Å². The first-order chi connectivity index (χ1) is 9.11. The average Bonchev–Trinajstić information content (AvgIpc) is 2.42. The molecule has 104 valence electrons. The first-order valence-electron chi connectivity index (χ1n) is 6.69. The van der Waals surface area contributed by atoms with Crippen molar-refractivity contribution in [2.45, 2.75) is 45.1 Å². The molecule has 1 aromatic rings. The molecule has 0 fully saturated rings. The zero-order valence-electron chi connectivity index (χ0n) is 11.7. The highest BCUT2D eigenvalue weighted by molar-refractivity contribution is 5.85. The molecule has 0 saturated carbocycles. The summed E-state index contributed by atoms with van der Waals surface area (Å²) in [5, 5.41) is 0. The molecule has 0 aliphatic carbocycles. The van der Waals surface area contributed by atoms with E-state index >= 15 is 0 Å². The average molecular weight is 262 g/mol. The maximum absolute atomic E-state index is 11.7. The Balaban J connectivity index is 2.33. The molecular formula is C16H22O3. The summed E-state index contributed by atoms with van der Waals surface area (Å²) < 4.78 is 5.34. The van der Waals surface area contributed by atoms with Gasteiger partial charge in [-0.3, -0.25) is 4.79 Å². The third-order valence-electron chi connectivity index (χ3n) is 3.14. The molecule has 1 aromatic carbocycles. The fraction of sp³-hybridized carbons (Fsp3) is 0.500. The van der Waals surface area contributed by atoms with Crippen LogP contribution in [0.4, 0.5) is 0 Å². The van der Waals surface area contributed by atoms with Crippen molar-refractivity contribution >= 4 is 11.6 Å². The summed E-state index contributed by atoms with van der Waals surface area (Å²) in [5.41, 5.74) is 1.25.